The van der Waals surface area contributed by atoms with Crippen molar-refractivity contribution in [3.8, 4) is 22.5 Å². The maximum absolute atomic E-state index is 3.88. The van der Waals surface area contributed by atoms with E-state index in [9.17, 15) is 0 Å². The summed E-state index contributed by atoms with van der Waals surface area (Å²) >= 11 is 0. The number of hydrogen-bond acceptors (Lipinski definition) is 1. The Morgan fingerprint density at radius 3 is 1.96 bits per heavy atom. The predicted molar refractivity (Wildman–Crippen MR) is 245 cm³/mol. The SMILES string of the molecule is CC(C)(C)c1ccc(Nc2ccccc2-c2cc(-n3c4ccccc4c4ccccc43)c3c4c5ccccc5cc5c4n4c3c2Bc2cccc(c2-4)C5(C)C)cc1. The third kappa shape index (κ3) is 4.39. The number of rotatable bonds is 4. The zero-order chi connectivity index (χ0) is 38.4. The fourth-order valence-corrected chi connectivity index (χ4v) is 10.5. The number of hydrogen-bond donors (Lipinski definition) is 1. The molecule has 12 rings (SSSR count). The first kappa shape index (κ1) is 32.7. The van der Waals surface area contributed by atoms with E-state index in [0.717, 1.165) is 18.7 Å². The van der Waals surface area contributed by atoms with Crippen LogP contribution in [0.3, 0.4) is 0 Å². The van der Waals surface area contributed by atoms with Gasteiger partial charge in [-0.2, -0.15) is 0 Å². The Balaban J connectivity index is 1.27. The Labute approximate surface area is 333 Å². The Bertz CT molecular complexity index is 3300. The molecule has 0 spiro atoms. The van der Waals surface area contributed by atoms with Crippen LogP contribution in [0.4, 0.5) is 11.4 Å². The van der Waals surface area contributed by atoms with E-state index in [2.05, 4.69) is 201 Å². The number of nitrogens with zero attached hydrogens (tertiary/aromatic N) is 2. The summed E-state index contributed by atoms with van der Waals surface area (Å²) in [7, 11) is 0.858. The molecule has 1 N–H and O–H groups in total. The largest absolute Gasteiger partial charge is 0.355 e. The van der Waals surface area contributed by atoms with Gasteiger partial charge in [-0.3, -0.25) is 0 Å². The van der Waals surface area contributed by atoms with Crippen molar-refractivity contribution in [3.63, 3.8) is 0 Å². The molecule has 10 aromatic rings. The van der Waals surface area contributed by atoms with Gasteiger partial charge in [0.25, 0.3) is 0 Å². The molecule has 0 bridgehead atoms. The van der Waals surface area contributed by atoms with Gasteiger partial charge in [0.1, 0.15) is 0 Å². The zero-order valence-corrected chi connectivity index (χ0v) is 33.0. The molecule has 0 radical (unpaired) electrons. The van der Waals surface area contributed by atoms with E-state index in [-0.39, 0.29) is 10.8 Å². The summed E-state index contributed by atoms with van der Waals surface area (Å²) in [5.74, 6) is 0. The first-order chi connectivity index (χ1) is 27.7. The molecule has 4 heteroatoms. The fraction of sp³-hybridized carbons (Fsp3) is 0.132. The van der Waals surface area contributed by atoms with Crippen molar-refractivity contribution in [2.45, 2.75) is 45.4 Å². The lowest BCUT2D eigenvalue weighted by atomic mass is 9.57. The molecule has 0 atom stereocenters. The molecule has 0 amide bonds. The third-order valence-corrected chi connectivity index (χ3v) is 13.2. The molecule has 0 fully saturated rings. The number of para-hydroxylation sites is 4. The highest BCUT2D eigenvalue weighted by atomic mass is 15.0. The predicted octanol–water partition coefficient (Wildman–Crippen LogP) is 12.1. The van der Waals surface area contributed by atoms with E-state index < -0.39 is 0 Å². The summed E-state index contributed by atoms with van der Waals surface area (Å²) in [5.41, 5.74) is 19.2. The van der Waals surface area contributed by atoms with Crippen molar-refractivity contribution >= 4 is 84.0 Å². The molecule has 2 aliphatic rings. The zero-order valence-electron chi connectivity index (χ0n) is 33.0. The summed E-state index contributed by atoms with van der Waals surface area (Å²) in [4.78, 5) is 0. The number of nitrogens with one attached hydrogen (secondary N) is 1. The highest BCUT2D eigenvalue weighted by Crippen LogP contribution is 2.52. The molecular weight excluding hydrogens is 689 g/mol. The summed E-state index contributed by atoms with van der Waals surface area (Å²) in [6.07, 6.45) is 0. The van der Waals surface area contributed by atoms with Gasteiger partial charge in [0.05, 0.1) is 27.8 Å². The van der Waals surface area contributed by atoms with Crippen molar-refractivity contribution in [1.29, 1.82) is 0 Å². The molecule has 3 nitrogen and oxygen atoms in total. The number of aromatic nitrogens is 2. The van der Waals surface area contributed by atoms with Crippen LogP contribution < -0.4 is 16.2 Å². The molecule has 4 heterocycles. The van der Waals surface area contributed by atoms with Crippen LogP contribution in [0.25, 0.3) is 76.9 Å². The Hall–Kier alpha value is -6.52. The van der Waals surface area contributed by atoms with E-state index >= 15 is 0 Å². The van der Waals surface area contributed by atoms with Crippen LogP contribution in [0, 0.1) is 0 Å². The first-order valence-corrected chi connectivity index (χ1v) is 20.3. The molecule has 272 valence electrons. The van der Waals surface area contributed by atoms with E-state index in [1.165, 1.54) is 105 Å². The Kier molecular flexibility index (Phi) is 6.48. The smallest absolute Gasteiger partial charge is 0.198 e. The quantitative estimate of drug-likeness (QED) is 0.179. The lowest BCUT2D eigenvalue weighted by molar-refractivity contribution is 0.590. The van der Waals surface area contributed by atoms with Crippen LogP contribution in [0.5, 0.6) is 0 Å². The van der Waals surface area contributed by atoms with Crippen molar-refractivity contribution in [2.24, 2.45) is 0 Å². The van der Waals surface area contributed by atoms with Gasteiger partial charge in [-0.1, -0.05) is 149 Å². The number of anilines is 2. The summed E-state index contributed by atoms with van der Waals surface area (Å²) in [5, 5.41) is 11.7. The number of benzene rings is 8. The second-order valence-corrected chi connectivity index (χ2v) is 17.8. The minimum atomic E-state index is -0.176. The average molecular weight is 732 g/mol. The maximum atomic E-state index is 3.88. The van der Waals surface area contributed by atoms with Gasteiger partial charge in [-0.05, 0) is 86.4 Å². The van der Waals surface area contributed by atoms with Gasteiger partial charge >= 0.3 is 0 Å². The van der Waals surface area contributed by atoms with Crippen LogP contribution >= 0.6 is 0 Å². The molecule has 57 heavy (non-hydrogen) atoms. The minimum Gasteiger partial charge on any atom is -0.355 e. The molecule has 0 saturated carbocycles. The summed E-state index contributed by atoms with van der Waals surface area (Å²) < 4.78 is 5.24. The van der Waals surface area contributed by atoms with Crippen LogP contribution in [-0.4, -0.2) is 16.4 Å². The van der Waals surface area contributed by atoms with Gasteiger partial charge < -0.3 is 14.5 Å². The first-order valence-electron chi connectivity index (χ1n) is 20.3. The average Bonchev–Trinajstić information content (AvgIpc) is 3.76. The van der Waals surface area contributed by atoms with E-state index in [1.54, 1.807) is 0 Å². The second kappa shape index (κ2) is 11.3. The van der Waals surface area contributed by atoms with Crippen molar-refractivity contribution in [1.82, 2.24) is 9.13 Å². The van der Waals surface area contributed by atoms with Crippen LogP contribution in [0.2, 0.25) is 0 Å². The monoisotopic (exact) mass is 731 g/mol. The lowest BCUT2D eigenvalue weighted by Gasteiger charge is -2.38. The van der Waals surface area contributed by atoms with Crippen LogP contribution in [-0.2, 0) is 10.8 Å². The van der Waals surface area contributed by atoms with E-state index in [0.29, 0.717) is 0 Å². The molecule has 0 saturated heterocycles. The normalized spacial score (nSPS) is 14.0. The topological polar surface area (TPSA) is 21.9 Å². The molecular formula is C53H42BN3. The van der Waals surface area contributed by atoms with Crippen molar-refractivity contribution in [2.75, 3.05) is 5.32 Å². The van der Waals surface area contributed by atoms with Gasteiger partial charge in [0, 0.05) is 49.6 Å². The third-order valence-electron chi connectivity index (χ3n) is 13.2. The number of fused-ring (bicyclic) bond motifs is 6. The van der Waals surface area contributed by atoms with Crippen molar-refractivity contribution in [3.05, 3.63) is 168 Å². The lowest BCUT2D eigenvalue weighted by Crippen LogP contribution is -2.41. The van der Waals surface area contributed by atoms with Crippen LogP contribution in [0.1, 0.15) is 51.3 Å². The van der Waals surface area contributed by atoms with E-state index in [1.807, 2.05) is 0 Å². The summed E-state index contributed by atoms with van der Waals surface area (Å²) in [6, 6.07) is 56.9. The Morgan fingerprint density at radius 2 is 1.23 bits per heavy atom. The van der Waals surface area contributed by atoms with E-state index in [4.69, 9.17) is 0 Å². The highest BCUT2D eigenvalue weighted by Gasteiger charge is 2.40. The van der Waals surface area contributed by atoms with Gasteiger partial charge in [-0.25, -0.2) is 0 Å². The maximum Gasteiger partial charge on any atom is 0.198 e. The van der Waals surface area contributed by atoms with Gasteiger partial charge in [-0.15, -0.1) is 0 Å². The van der Waals surface area contributed by atoms with Gasteiger partial charge in [0.15, 0.2) is 7.28 Å². The molecule has 8 aromatic carbocycles. The fourth-order valence-electron chi connectivity index (χ4n) is 10.5. The summed E-state index contributed by atoms with van der Waals surface area (Å²) in [6.45, 7) is 11.7. The molecule has 0 unspecified atom stereocenters. The molecule has 2 aromatic heterocycles. The standard InChI is InChI=1S/C53H42BN3/c1-52(2,3)32-25-27-33(28-26-32)55-42-22-11-8-17-35(42)38-30-45(56-43-23-12-9-18-36(43)37-19-10-13-24-44(37)56)47-46-34-16-7-6-15-31(34)29-40-50(46)57-49-39(53(40,4)5)20-14-21-41(49)54-48(38)51(47)57/h6-30,54-55H,1-5H3. The molecule has 2 aliphatic heterocycles. The highest BCUT2D eigenvalue weighted by molar-refractivity contribution is 6.74. The van der Waals surface area contributed by atoms with Crippen LogP contribution in [0.15, 0.2) is 152 Å². The second-order valence-electron chi connectivity index (χ2n) is 17.8. The Morgan fingerprint density at radius 1 is 0.561 bits per heavy atom. The van der Waals surface area contributed by atoms with Crippen molar-refractivity contribution < 1.29 is 0 Å². The van der Waals surface area contributed by atoms with Gasteiger partial charge in [0.2, 0.25) is 0 Å². The minimum absolute atomic E-state index is 0.0926. The molecule has 0 aliphatic carbocycles.